The predicted octanol–water partition coefficient (Wildman–Crippen LogP) is -0.516. The van der Waals surface area contributed by atoms with E-state index in [9.17, 15) is 13.2 Å². The number of rotatable bonds is 2. The molecule has 0 radical (unpaired) electrons. The van der Waals surface area contributed by atoms with Crippen molar-refractivity contribution in [1.29, 1.82) is 0 Å². The third kappa shape index (κ3) is 4.78. The number of carbonyl (C=O) groups excluding carboxylic acids is 1. The Morgan fingerprint density at radius 3 is 2.57 bits per heavy atom. The van der Waals surface area contributed by atoms with Gasteiger partial charge in [-0.15, -0.1) is 12.4 Å². The third-order valence-electron chi connectivity index (χ3n) is 1.95. The first-order valence-electron chi connectivity index (χ1n) is 4.21. The largest absolute Gasteiger partial charge is 0.316 e. The van der Waals surface area contributed by atoms with Gasteiger partial charge in [0.05, 0.1) is 12.2 Å². The highest BCUT2D eigenvalue weighted by Gasteiger charge is 2.22. The molecule has 0 unspecified atom stereocenters. The summed E-state index contributed by atoms with van der Waals surface area (Å²) in [6, 6.07) is 0. The van der Waals surface area contributed by atoms with Gasteiger partial charge in [0.1, 0.15) is 0 Å². The van der Waals surface area contributed by atoms with Gasteiger partial charge >= 0.3 is 0 Å². The molecule has 1 aliphatic heterocycles. The van der Waals surface area contributed by atoms with Crippen LogP contribution in [-0.4, -0.2) is 33.7 Å². The van der Waals surface area contributed by atoms with Gasteiger partial charge in [-0.3, -0.25) is 9.52 Å². The Morgan fingerprint density at radius 2 is 2.14 bits per heavy atom. The first-order valence-corrected chi connectivity index (χ1v) is 6.10. The summed E-state index contributed by atoms with van der Waals surface area (Å²) in [6.07, 6.45) is 2.66. The maximum absolute atomic E-state index is 11.3. The normalized spacial score (nSPS) is 22.2. The van der Waals surface area contributed by atoms with Crippen molar-refractivity contribution in [2.75, 3.05) is 19.3 Å². The minimum Gasteiger partial charge on any atom is -0.316 e. The lowest BCUT2D eigenvalue weighted by Gasteiger charge is -2.21. The fourth-order valence-corrected chi connectivity index (χ4v) is 1.87. The average Bonchev–Trinajstić information content (AvgIpc) is 2.03. The topological polar surface area (TPSA) is 75.3 Å². The van der Waals surface area contributed by atoms with Crippen LogP contribution in [0.3, 0.4) is 0 Å². The zero-order valence-corrected chi connectivity index (χ0v) is 9.58. The third-order valence-corrected chi connectivity index (χ3v) is 2.53. The number of hydrogen-bond acceptors (Lipinski definition) is 4. The molecule has 1 atom stereocenters. The minimum atomic E-state index is -3.40. The second-order valence-electron chi connectivity index (χ2n) is 3.28. The Balaban J connectivity index is 0.00000169. The first kappa shape index (κ1) is 13.7. The maximum Gasteiger partial charge on any atom is 0.237 e. The maximum atomic E-state index is 11.3. The van der Waals surface area contributed by atoms with Gasteiger partial charge < -0.3 is 5.32 Å². The molecule has 0 saturated carbocycles. The highest BCUT2D eigenvalue weighted by Crippen LogP contribution is 2.09. The standard InChI is InChI=1S/C7H14N2O3S.ClH/c1-13(11,12)9-7(10)6-3-2-4-8-5-6;/h6,8H,2-5H2,1H3,(H,9,10);1H/t6-;/m0./s1. The minimum absolute atomic E-state index is 0. The molecule has 0 aromatic rings. The van der Waals surface area contributed by atoms with Gasteiger partial charge in [0.2, 0.25) is 15.9 Å². The Morgan fingerprint density at radius 1 is 1.50 bits per heavy atom. The van der Waals surface area contributed by atoms with Crippen LogP contribution in [0.25, 0.3) is 0 Å². The van der Waals surface area contributed by atoms with Gasteiger partial charge in [0.15, 0.2) is 0 Å². The molecule has 5 nitrogen and oxygen atoms in total. The van der Waals surface area contributed by atoms with Crippen LogP contribution in [-0.2, 0) is 14.8 Å². The summed E-state index contributed by atoms with van der Waals surface area (Å²) in [5.74, 6) is -0.599. The monoisotopic (exact) mass is 242 g/mol. The summed E-state index contributed by atoms with van der Waals surface area (Å²) < 4.78 is 23.4. The molecule has 84 valence electrons. The molecule has 1 rings (SSSR count). The van der Waals surface area contributed by atoms with Gasteiger partial charge in [-0.1, -0.05) is 0 Å². The summed E-state index contributed by atoms with van der Waals surface area (Å²) in [5.41, 5.74) is 0. The van der Waals surface area contributed by atoms with E-state index in [1.54, 1.807) is 0 Å². The molecule has 1 fully saturated rings. The lowest BCUT2D eigenvalue weighted by molar-refractivity contribution is -0.123. The van der Waals surface area contributed by atoms with Crippen molar-refractivity contribution in [3.63, 3.8) is 0 Å². The van der Waals surface area contributed by atoms with E-state index in [0.717, 1.165) is 25.6 Å². The number of sulfonamides is 1. The van der Waals surface area contributed by atoms with Crippen LogP contribution in [0.2, 0.25) is 0 Å². The molecule has 0 bridgehead atoms. The SMILES string of the molecule is CS(=O)(=O)NC(=O)[C@H]1CCCNC1.Cl. The number of halogens is 1. The van der Waals surface area contributed by atoms with Crippen LogP contribution in [0, 0.1) is 5.92 Å². The Bertz CT molecular complexity index is 285. The molecule has 0 aromatic carbocycles. The fraction of sp³-hybridized carbons (Fsp3) is 0.857. The van der Waals surface area contributed by atoms with Crippen molar-refractivity contribution in [1.82, 2.24) is 10.0 Å². The van der Waals surface area contributed by atoms with Crippen LogP contribution in [0.15, 0.2) is 0 Å². The molecule has 2 N–H and O–H groups in total. The van der Waals surface area contributed by atoms with Crippen LogP contribution in [0.1, 0.15) is 12.8 Å². The molecule has 0 spiro atoms. The van der Waals surface area contributed by atoms with E-state index in [2.05, 4.69) is 5.32 Å². The summed E-state index contributed by atoms with van der Waals surface area (Å²) in [4.78, 5) is 11.3. The number of carbonyl (C=O) groups is 1. The van der Waals surface area contributed by atoms with E-state index >= 15 is 0 Å². The molecule has 1 heterocycles. The highest BCUT2D eigenvalue weighted by atomic mass is 35.5. The van der Waals surface area contributed by atoms with Gasteiger partial charge in [0, 0.05) is 6.54 Å². The number of nitrogens with one attached hydrogen (secondary N) is 2. The van der Waals surface area contributed by atoms with Crippen LogP contribution >= 0.6 is 12.4 Å². The van der Waals surface area contributed by atoms with E-state index in [4.69, 9.17) is 0 Å². The zero-order valence-electron chi connectivity index (χ0n) is 7.95. The lowest BCUT2D eigenvalue weighted by Crippen LogP contribution is -2.42. The van der Waals surface area contributed by atoms with E-state index in [1.807, 2.05) is 4.72 Å². The Hall–Kier alpha value is -0.330. The van der Waals surface area contributed by atoms with Crippen molar-refractivity contribution in [3.8, 4) is 0 Å². The molecular weight excluding hydrogens is 228 g/mol. The summed E-state index contributed by atoms with van der Waals surface area (Å²) >= 11 is 0. The van der Waals surface area contributed by atoms with Crippen molar-refractivity contribution in [2.24, 2.45) is 5.92 Å². The van der Waals surface area contributed by atoms with Gasteiger partial charge in [-0.05, 0) is 19.4 Å². The summed E-state index contributed by atoms with van der Waals surface area (Å²) in [6.45, 7) is 1.48. The molecule has 1 amide bonds. The van der Waals surface area contributed by atoms with E-state index in [0.29, 0.717) is 6.54 Å². The molecule has 14 heavy (non-hydrogen) atoms. The quantitative estimate of drug-likeness (QED) is 0.684. The predicted molar refractivity (Wildman–Crippen MR) is 55.8 cm³/mol. The first-order chi connectivity index (χ1) is 5.99. The van der Waals surface area contributed by atoms with Gasteiger partial charge in [-0.2, -0.15) is 0 Å². The molecule has 0 aliphatic carbocycles. The Labute approximate surface area is 90.1 Å². The number of amides is 1. The van der Waals surface area contributed by atoms with E-state index in [-0.39, 0.29) is 18.3 Å². The Kier molecular flexibility index (Phi) is 5.40. The molecule has 1 aliphatic rings. The van der Waals surface area contributed by atoms with Gasteiger partial charge in [-0.25, -0.2) is 8.42 Å². The molecular formula is C7H15ClN2O3S. The molecule has 1 saturated heterocycles. The number of hydrogen-bond donors (Lipinski definition) is 2. The lowest BCUT2D eigenvalue weighted by atomic mass is 9.99. The van der Waals surface area contributed by atoms with E-state index < -0.39 is 15.9 Å². The van der Waals surface area contributed by atoms with Gasteiger partial charge in [0.25, 0.3) is 0 Å². The van der Waals surface area contributed by atoms with Crippen LogP contribution in [0.4, 0.5) is 0 Å². The summed E-state index contributed by atoms with van der Waals surface area (Å²) in [7, 11) is -3.40. The number of piperidine rings is 1. The smallest absolute Gasteiger partial charge is 0.237 e. The highest BCUT2D eigenvalue weighted by molar-refractivity contribution is 7.89. The van der Waals surface area contributed by atoms with Crippen LogP contribution in [0.5, 0.6) is 0 Å². The van der Waals surface area contributed by atoms with Crippen molar-refractivity contribution in [2.45, 2.75) is 12.8 Å². The summed E-state index contributed by atoms with van der Waals surface area (Å²) in [5, 5.41) is 3.05. The zero-order chi connectivity index (χ0) is 9.90. The van der Waals surface area contributed by atoms with E-state index in [1.165, 1.54) is 0 Å². The fourth-order valence-electron chi connectivity index (χ4n) is 1.34. The second-order valence-corrected chi connectivity index (χ2v) is 5.03. The van der Waals surface area contributed by atoms with Crippen molar-refractivity contribution in [3.05, 3.63) is 0 Å². The van der Waals surface area contributed by atoms with Crippen molar-refractivity contribution < 1.29 is 13.2 Å². The van der Waals surface area contributed by atoms with Crippen LogP contribution < -0.4 is 10.0 Å². The second kappa shape index (κ2) is 5.53. The van der Waals surface area contributed by atoms with Crippen molar-refractivity contribution >= 4 is 28.3 Å². The molecule has 0 aromatic heterocycles. The molecule has 7 heteroatoms. The average molecular weight is 243 g/mol.